The Morgan fingerprint density at radius 1 is 0.970 bits per heavy atom. The number of fused-ring (bicyclic) bond motifs is 2. The molecule has 0 saturated heterocycles. The van der Waals surface area contributed by atoms with E-state index in [-0.39, 0.29) is 5.84 Å². The van der Waals surface area contributed by atoms with Crippen LogP contribution in [0.25, 0.3) is 10.8 Å². The molecule has 3 atom stereocenters. The summed E-state index contributed by atoms with van der Waals surface area (Å²) in [6.45, 7) is 7.32. The molecule has 0 amide bonds. The summed E-state index contributed by atoms with van der Waals surface area (Å²) in [4.78, 5) is 2.79. The molecule has 170 valence electrons. The summed E-state index contributed by atoms with van der Waals surface area (Å²) in [5, 5.41) is 10.1. The molecular formula is C30H35N3. The molecule has 3 N–H and O–H groups in total. The quantitative estimate of drug-likeness (QED) is 0.348. The Bertz CT molecular complexity index is 1220. The third kappa shape index (κ3) is 3.97. The Kier molecular flexibility index (Phi) is 5.06. The molecule has 1 aliphatic heterocycles. The van der Waals surface area contributed by atoms with Crippen molar-refractivity contribution in [3.8, 4) is 0 Å². The minimum atomic E-state index is 0.131. The molecule has 3 nitrogen and oxygen atoms in total. The highest BCUT2D eigenvalue weighted by atomic mass is 15.2. The van der Waals surface area contributed by atoms with Crippen LogP contribution in [0.3, 0.4) is 0 Å². The SMILES string of the molecule is CC(C)C1c2cc(C3CC3c3ccc4cc(C(=N)N)ccc4c3)ccc2CCN1CC1CC1. The van der Waals surface area contributed by atoms with Crippen LogP contribution in [0.1, 0.15) is 78.8 Å². The predicted molar refractivity (Wildman–Crippen MR) is 137 cm³/mol. The first kappa shape index (κ1) is 20.9. The normalized spacial score (nSPS) is 24.8. The fourth-order valence-electron chi connectivity index (χ4n) is 6.16. The lowest BCUT2D eigenvalue weighted by Gasteiger charge is -2.40. The molecule has 0 radical (unpaired) electrons. The van der Waals surface area contributed by atoms with Gasteiger partial charge in [0.1, 0.15) is 5.84 Å². The lowest BCUT2D eigenvalue weighted by Crippen LogP contribution is -2.39. The average Bonchev–Trinajstić information content (AvgIpc) is 3.73. The summed E-state index contributed by atoms with van der Waals surface area (Å²) in [5.74, 6) is 2.97. The van der Waals surface area contributed by atoms with E-state index in [0.29, 0.717) is 23.8 Å². The first-order chi connectivity index (χ1) is 16.0. The van der Waals surface area contributed by atoms with Gasteiger partial charge in [-0.1, -0.05) is 62.4 Å². The molecule has 0 spiro atoms. The van der Waals surface area contributed by atoms with E-state index in [0.717, 1.165) is 16.9 Å². The van der Waals surface area contributed by atoms with Crippen LogP contribution in [0, 0.1) is 17.2 Å². The first-order valence-electron chi connectivity index (χ1n) is 12.7. The number of hydrogen-bond acceptors (Lipinski definition) is 2. The Balaban J connectivity index is 1.26. The van der Waals surface area contributed by atoms with Crippen molar-refractivity contribution in [3.63, 3.8) is 0 Å². The second-order valence-electron chi connectivity index (χ2n) is 11.0. The highest BCUT2D eigenvalue weighted by Gasteiger charge is 2.41. The molecule has 33 heavy (non-hydrogen) atoms. The fourth-order valence-corrected chi connectivity index (χ4v) is 6.16. The molecule has 2 aliphatic carbocycles. The van der Waals surface area contributed by atoms with Crippen LogP contribution in [0.5, 0.6) is 0 Å². The van der Waals surface area contributed by atoms with E-state index in [1.165, 1.54) is 55.3 Å². The number of benzene rings is 3. The lowest BCUT2D eigenvalue weighted by atomic mass is 9.84. The first-order valence-corrected chi connectivity index (χ1v) is 12.7. The number of nitrogens with zero attached hydrogens (tertiary/aromatic N) is 1. The average molecular weight is 438 g/mol. The fraction of sp³-hybridized carbons (Fsp3) is 0.433. The molecule has 3 aliphatic rings. The highest BCUT2D eigenvalue weighted by Crippen LogP contribution is 2.55. The van der Waals surface area contributed by atoms with Gasteiger partial charge in [-0.05, 0) is 88.4 Å². The number of nitrogens with two attached hydrogens (primary N) is 1. The maximum atomic E-state index is 7.68. The van der Waals surface area contributed by atoms with Crippen LogP contribution in [0.4, 0.5) is 0 Å². The molecule has 0 aromatic heterocycles. The summed E-state index contributed by atoms with van der Waals surface area (Å²) < 4.78 is 0. The number of rotatable bonds is 6. The van der Waals surface area contributed by atoms with Gasteiger partial charge in [0.25, 0.3) is 0 Å². The van der Waals surface area contributed by atoms with Crippen LogP contribution in [-0.4, -0.2) is 23.8 Å². The van der Waals surface area contributed by atoms with Gasteiger partial charge in [-0.25, -0.2) is 0 Å². The van der Waals surface area contributed by atoms with Crippen molar-refractivity contribution < 1.29 is 0 Å². The van der Waals surface area contributed by atoms with Crippen molar-refractivity contribution in [3.05, 3.63) is 82.4 Å². The van der Waals surface area contributed by atoms with Crippen molar-refractivity contribution >= 4 is 16.6 Å². The molecule has 0 bridgehead atoms. The maximum Gasteiger partial charge on any atom is 0.122 e. The van der Waals surface area contributed by atoms with Gasteiger partial charge in [0, 0.05) is 24.7 Å². The third-order valence-corrected chi connectivity index (χ3v) is 8.19. The second kappa shape index (κ2) is 7.99. The molecule has 6 rings (SSSR count). The van der Waals surface area contributed by atoms with Crippen molar-refractivity contribution in [1.29, 1.82) is 5.41 Å². The molecular weight excluding hydrogens is 402 g/mol. The van der Waals surface area contributed by atoms with Crippen LogP contribution >= 0.6 is 0 Å². The van der Waals surface area contributed by atoms with Crippen molar-refractivity contribution in [2.24, 2.45) is 17.6 Å². The van der Waals surface area contributed by atoms with E-state index in [4.69, 9.17) is 11.1 Å². The van der Waals surface area contributed by atoms with E-state index in [2.05, 4.69) is 61.2 Å². The maximum absolute atomic E-state index is 7.68. The summed E-state index contributed by atoms with van der Waals surface area (Å²) in [5.41, 5.74) is 12.6. The highest BCUT2D eigenvalue weighted by molar-refractivity contribution is 5.99. The van der Waals surface area contributed by atoms with Crippen LogP contribution in [0.15, 0.2) is 54.6 Å². The van der Waals surface area contributed by atoms with E-state index in [9.17, 15) is 0 Å². The zero-order valence-electron chi connectivity index (χ0n) is 19.9. The van der Waals surface area contributed by atoms with E-state index in [1.807, 2.05) is 12.1 Å². The van der Waals surface area contributed by atoms with E-state index >= 15 is 0 Å². The Morgan fingerprint density at radius 3 is 2.39 bits per heavy atom. The zero-order chi connectivity index (χ0) is 22.7. The van der Waals surface area contributed by atoms with Crippen molar-refractivity contribution in [2.45, 2.75) is 57.4 Å². The molecule has 3 aromatic rings. The van der Waals surface area contributed by atoms with Gasteiger partial charge in [0.2, 0.25) is 0 Å². The topological polar surface area (TPSA) is 53.1 Å². The summed E-state index contributed by atoms with van der Waals surface area (Å²) in [6, 6.07) is 20.9. The summed E-state index contributed by atoms with van der Waals surface area (Å²) in [7, 11) is 0. The molecule has 1 heterocycles. The number of hydrogen-bond donors (Lipinski definition) is 2. The van der Waals surface area contributed by atoms with Gasteiger partial charge in [-0.3, -0.25) is 10.3 Å². The summed E-state index contributed by atoms with van der Waals surface area (Å²) in [6.07, 6.45) is 5.31. The van der Waals surface area contributed by atoms with E-state index in [1.54, 1.807) is 11.1 Å². The number of nitrogen functional groups attached to an aromatic ring is 1. The minimum Gasteiger partial charge on any atom is -0.384 e. The van der Waals surface area contributed by atoms with Gasteiger partial charge in [0.05, 0.1) is 0 Å². The largest absolute Gasteiger partial charge is 0.384 e. The monoisotopic (exact) mass is 437 g/mol. The van der Waals surface area contributed by atoms with Crippen LogP contribution < -0.4 is 5.73 Å². The van der Waals surface area contributed by atoms with Gasteiger partial charge in [0.15, 0.2) is 0 Å². The standard InChI is InChI=1S/C30H35N3/c1-18(2)29-28-15-24(8-5-20(28)11-12-33(29)17-19-3-4-19)27-16-26(27)23-9-6-22-14-25(30(31)32)10-7-21(22)13-23/h5-10,13-15,18-19,26-27,29H,3-4,11-12,16-17H2,1-2H3,(H3,31,32). The van der Waals surface area contributed by atoms with Crippen molar-refractivity contribution in [2.75, 3.05) is 13.1 Å². The minimum absolute atomic E-state index is 0.131. The third-order valence-electron chi connectivity index (χ3n) is 8.19. The van der Waals surface area contributed by atoms with Gasteiger partial charge < -0.3 is 5.73 Å². The zero-order valence-corrected chi connectivity index (χ0v) is 19.9. The van der Waals surface area contributed by atoms with E-state index < -0.39 is 0 Å². The Labute approximate surface area is 197 Å². The van der Waals surface area contributed by atoms with Crippen LogP contribution in [0.2, 0.25) is 0 Å². The van der Waals surface area contributed by atoms with Gasteiger partial charge >= 0.3 is 0 Å². The van der Waals surface area contributed by atoms with Gasteiger partial charge in [-0.2, -0.15) is 0 Å². The number of nitrogens with one attached hydrogen (secondary N) is 1. The van der Waals surface area contributed by atoms with Gasteiger partial charge in [-0.15, -0.1) is 0 Å². The Hall–Kier alpha value is -2.65. The predicted octanol–water partition coefficient (Wildman–Crippen LogP) is 6.36. The molecule has 2 fully saturated rings. The smallest absolute Gasteiger partial charge is 0.122 e. The Morgan fingerprint density at radius 2 is 1.67 bits per heavy atom. The number of amidine groups is 1. The molecule has 3 unspecified atom stereocenters. The molecule has 3 heteroatoms. The van der Waals surface area contributed by atoms with Crippen LogP contribution in [-0.2, 0) is 6.42 Å². The summed E-state index contributed by atoms with van der Waals surface area (Å²) >= 11 is 0. The second-order valence-corrected chi connectivity index (χ2v) is 11.0. The lowest BCUT2D eigenvalue weighted by molar-refractivity contribution is 0.137. The molecule has 2 saturated carbocycles. The van der Waals surface area contributed by atoms with Crippen molar-refractivity contribution in [1.82, 2.24) is 4.90 Å². The molecule has 3 aromatic carbocycles.